The molecule has 20 atom stereocenters. The normalized spacial score (nSPS) is 32.9. The van der Waals surface area contributed by atoms with Crippen LogP contribution in [0.3, 0.4) is 0 Å². The van der Waals surface area contributed by atoms with E-state index in [1.54, 1.807) is 0 Å². The van der Waals surface area contributed by atoms with Crippen molar-refractivity contribution in [2.45, 2.75) is 266 Å². The van der Waals surface area contributed by atoms with E-state index in [0.717, 1.165) is 27.9 Å². The van der Waals surface area contributed by atoms with E-state index in [0.29, 0.717) is 58.2 Å². The van der Waals surface area contributed by atoms with Gasteiger partial charge in [0.15, 0.2) is 0 Å². The van der Waals surface area contributed by atoms with E-state index in [-0.39, 0.29) is 176 Å². The zero-order valence-electron chi connectivity index (χ0n) is 74.0. The molecule has 35 N–H and O–H groups in total. The minimum absolute atomic E-state index is 0.00139. The third-order valence-corrected chi connectivity index (χ3v) is 36.9. The third-order valence-electron chi connectivity index (χ3n) is 27.1. The summed E-state index contributed by atoms with van der Waals surface area (Å²) in [6, 6.07) is -6.69. The third kappa shape index (κ3) is 28.2. The van der Waals surface area contributed by atoms with Crippen molar-refractivity contribution >= 4 is 116 Å². The first-order chi connectivity index (χ1) is 62.4. The predicted octanol–water partition coefficient (Wildman–Crippen LogP) is -10.7. The standard InChI is InChI=1S/C15H29BN4O6S.C14H27BN4O7S.C13H24BF3N4O6S.C13H25BF2N4O6S.C12H22BF3N4O6S/c17-12-7-13(12)20(11-4-1-5-11)27(25,26)19-8-10(3-2-6-16(23)24)15(18,9-19)14(21)22;16-11-4-12(11)19(10-6-26-7-10)27(24,25)18-5-9(2-1-3-15(22)23)14(17,8-18)13(20)21;15-13(16,17)7-21(10-4-9(10)18)28(26,27)20-5-8(2-1-3-14(24)25)12(19,6-20)11(22)23;15-11(16)6-20(10-4-9(10)17)27(25,26)19-5-8(2-1-3-14(23)24)13(18,7-19)12(21)22;14-12(15,16)20(9-4-8(9)17)27(25,26)19-5-7(2-1-3-13(23)24)11(18,6-19)10(21)22/h10-13,23-24H,1-9,17-18H2,(H,21,22);9-12,22-23H,1-8,16-17H2,(H,20,21);8-10,24-25H,1-7,18-19H2,(H,22,23);8-11,23-24H,1-7,17-18H2,(H,21,22);7-9,23-24H,1-6,17-18H2,(H,21,22)/t10-,12?,13?,15-;9-,11?,12?,14-;8-,9?,10?,12-;8-,9?,10?,13-;7-,8?,9?,11-/m00000/s1. The van der Waals surface area contributed by atoms with Crippen molar-refractivity contribution in [3.05, 3.63) is 0 Å². The predicted molar refractivity (Wildman–Crippen MR) is 465 cm³/mol. The van der Waals surface area contributed by atoms with Crippen molar-refractivity contribution in [3.8, 4) is 0 Å². The second-order valence-electron chi connectivity index (χ2n) is 37.4. The molecule has 0 radical (unpaired) electrons. The van der Waals surface area contributed by atoms with Crippen molar-refractivity contribution in [1.82, 2.24) is 43.1 Å². The maximum atomic E-state index is 13.3. The molecule has 6 aliphatic carbocycles. The molecule has 782 valence electrons. The molecular formula is C67H127B5F8N20O31S5. The Kier molecular flexibility index (Phi) is 39.1. The fourth-order valence-electron chi connectivity index (χ4n) is 18.1. The van der Waals surface area contributed by atoms with Gasteiger partial charge in [0.05, 0.1) is 31.8 Å². The number of nitrogens with two attached hydrogens (primary N) is 10. The van der Waals surface area contributed by atoms with Crippen LogP contribution >= 0.6 is 0 Å². The summed E-state index contributed by atoms with van der Waals surface area (Å²) in [5, 5.41) is 137. The zero-order chi connectivity index (χ0) is 103. The minimum atomic E-state index is -5.21. The molecule has 12 fully saturated rings. The highest BCUT2D eigenvalue weighted by molar-refractivity contribution is 7.88. The lowest BCUT2D eigenvalue weighted by Gasteiger charge is -2.39. The molecule has 6 aliphatic heterocycles. The van der Waals surface area contributed by atoms with Gasteiger partial charge < -0.3 is 138 Å². The Bertz CT molecular complexity index is 4590. The number of aliphatic carboxylic acids is 5. The highest BCUT2D eigenvalue weighted by Gasteiger charge is 2.66. The van der Waals surface area contributed by atoms with Crippen LogP contribution in [0.5, 0.6) is 0 Å². The Morgan fingerprint density at radius 3 is 0.809 bits per heavy atom. The van der Waals surface area contributed by atoms with Crippen LogP contribution in [0.4, 0.5) is 35.1 Å². The van der Waals surface area contributed by atoms with Gasteiger partial charge in [-0.2, -0.15) is 107 Å². The molecule has 6 saturated carbocycles. The van der Waals surface area contributed by atoms with Gasteiger partial charge in [-0.1, -0.05) is 42.8 Å². The monoisotopic (exact) mass is 2070 g/mol. The van der Waals surface area contributed by atoms with Gasteiger partial charge in [0.1, 0.15) is 34.2 Å². The molecule has 69 heteroatoms. The van der Waals surface area contributed by atoms with Crippen LogP contribution in [0.1, 0.15) is 116 Å². The molecule has 0 aromatic rings. The van der Waals surface area contributed by atoms with Crippen LogP contribution in [-0.4, -0.2) is 437 Å². The van der Waals surface area contributed by atoms with E-state index in [4.69, 9.17) is 112 Å². The number of carbonyl (C=O) groups is 5. The number of hydrogen-bond acceptors (Lipinski definition) is 36. The second-order valence-corrected chi connectivity index (χ2v) is 46.7. The first-order valence-electron chi connectivity index (χ1n) is 44.0. The van der Waals surface area contributed by atoms with Gasteiger partial charge >= 0.3 is 77.9 Å². The summed E-state index contributed by atoms with van der Waals surface area (Å²) in [4.78, 5) is 58.4. The van der Waals surface area contributed by atoms with Gasteiger partial charge in [-0.05, 0) is 109 Å². The van der Waals surface area contributed by atoms with Crippen molar-refractivity contribution in [2.24, 2.45) is 86.9 Å². The lowest BCUT2D eigenvalue weighted by Crippen LogP contribution is -2.59. The largest absolute Gasteiger partial charge is 0.480 e. The average Bonchev–Trinajstić information content (AvgIpc) is 1.59. The molecule has 12 aliphatic rings. The maximum absolute atomic E-state index is 13.3. The lowest BCUT2D eigenvalue weighted by molar-refractivity contribution is -0.214. The molecule has 6 heterocycles. The van der Waals surface area contributed by atoms with Crippen LogP contribution in [-0.2, 0) is 79.8 Å². The molecule has 0 aromatic heterocycles. The van der Waals surface area contributed by atoms with Crippen molar-refractivity contribution in [2.75, 3.05) is 91.8 Å². The van der Waals surface area contributed by atoms with Crippen LogP contribution in [0.15, 0.2) is 0 Å². The topological polar surface area (TPSA) is 861 Å². The zero-order valence-corrected chi connectivity index (χ0v) is 78.1. The Morgan fingerprint density at radius 1 is 0.375 bits per heavy atom. The summed E-state index contributed by atoms with van der Waals surface area (Å²) < 4.78 is 247. The van der Waals surface area contributed by atoms with E-state index in [9.17, 15) is 127 Å². The van der Waals surface area contributed by atoms with E-state index in [1.165, 1.54) is 12.9 Å². The van der Waals surface area contributed by atoms with Gasteiger partial charge in [0.25, 0.3) is 57.5 Å². The molecule has 0 spiro atoms. The Morgan fingerprint density at radius 2 is 0.610 bits per heavy atom. The fourth-order valence-corrected chi connectivity index (χ4v) is 28.1. The highest BCUT2D eigenvalue weighted by Crippen LogP contribution is 2.47. The average molecular weight is 2080 g/mol. The Hall–Kier alpha value is -4.38. The first-order valence-corrected chi connectivity index (χ1v) is 51.0. The number of rotatable bonds is 45. The first kappa shape index (κ1) is 117. The maximum Gasteiger partial charge on any atom is 0.474 e. The van der Waals surface area contributed by atoms with Crippen molar-refractivity contribution in [3.63, 3.8) is 0 Å². The molecule has 0 aromatic carbocycles. The number of alkyl halides is 8. The van der Waals surface area contributed by atoms with Crippen molar-refractivity contribution < 1.29 is 182 Å². The van der Waals surface area contributed by atoms with Crippen LogP contribution in [0.2, 0.25) is 31.6 Å². The van der Waals surface area contributed by atoms with E-state index in [1.807, 2.05) is 0 Å². The number of nitrogens with zero attached hydrogens (tertiary/aromatic N) is 10. The van der Waals surface area contributed by atoms with Gasteiger partial charge in [0.2, 0.25) is 0 Å². The Labute approximate surface area is 782 Å². The van der Waals surface area contributed by atoms with E-state index in [2.05, 4.69) is 0 Å². The van der Waals surface area contributed by atoms with E-state index < -0.39 is 272 Å². The number of ether oxygens (including phenoxy) is 1. The van der Waals surface area contributed by atoms with Gasteiger partial charge in [-0.25, -0.2) is 8.78 Å². The van der Waals surface area contributed by atoms with E-state index >= 15 is 0 Å². The summed E-state index contributed by atoms with van der Waals surface area (Å²) in [7, 11) is -29.7. The van der Waals surface area contributed by atoms with Crippen LogP contribution < -0.4 is 57.3 Å². The number of carboxylic acid groups (broad SMARTS) is 5. The highest BCUT2D eigenvalue weighted by atomic mass is 32.2. The molecule has 0 amide bonds. The van der Waals surface area contributed by atoms with Gasteiger partial charge in [0, 0.05) is 155 Å². The molecule has 10 unspecified atom stereocenters. The minimum Gasteiger partial charge on any atom is -0.480 e. The number of carboxylic acids is 5. The second kappa shape index (κ2) is 45.5. The fraction of sp³-hybridized carbons (Fsp3) is 0.925. The van der Waals surface area contributed by atoms with Gasteiger partial charge in [-0.15, -0.1) is 0 Å². The Balaban J connectivity index is 0.000000209. The summed E-state index contributed by atoms with van der Waals surface area (Å²) in [6.45, 7) is -6.04. The van der Waals surface area contributed by atoms with Crippen LogP contribution in [0.25, 0.3) is 0 Å². The summed E-state index contributed by atoms with van der Waals surface area (Å²) >= 11 is 0. The molecule has 12 rings (SSSR count). The lowest BCUT2D eigenvalue weighted by atomic mass is 9.78. The molecule has 136 heavy (non-hydrogen) atoms. The number of halogens is 8. The summed E-state index contributed by atoms with van der Waals surface area (Å²) in [5.74, 6) is -10.9. The summed E-state index contributed by atoms with van der Waals surface area (Å²) in [5.41, 5.74) is 48.8. The van der Waals surface area contributed by atoms with Crippen LogP contribution in [0, 0.1) is 29.6 Å². The molecule has 0 bridgehead atoms. The SMILES string of the molecule is NC1CC1N(C(F)(F)F)S(=O)(=O)N1C[C@H](CCCB(O)O)[C@](N)(C(=O)O)C1.NC1CC1N(C1CCC1)S(=O)(=O)N1C[C@H](CCCB(O)O)[C@](N)(C(=O)O)C1.NC1CC1N(C1COC1)S(=O)(=O)N1C[C@H](CCCB(O)O)[C@](N)(C(=O)O)C1.NC1CC1N(CC(F)(F)F)S(=O)(=O)N1C[C@H](CCCB(O)O)[C@](N)(C(=O)O)C1.NC1CC1N(CC(F)F)S(=O)(=O)N1C[C@H](CCCB(O)O)[C@](N)(C(=O)O)C1. The number of hydrogen-bond donors (Lipinski definition) is 25. The van der Waals surface area contributed by atoms with Gasteiger partial charge in [-0.3, -0.25) is 24.0 Å². The quantitative estimate of drug-likeness (QED) is 0.0153. The summed E-state index contributed by atoms with van der Waals surface area (Å²) in [6.07, 6.45) is -7.08. The molecule has 51 nitrogen and oxygen atoms in total. The molecule has 6 saturated heterocycles. The van der Waals surface area contributed by atoms with Crippen molar-refractivity contribution in [1.29, 1.82) is 0 Å². The smallest absolute Gasteiger partial charge is 0.474 e. The molecular weight excluding hydrogens is 1950 g/mol.